The second kappa shape index (κ2) is 4.50. The van der Waals surface area contributed by atoms with Gasteiger partial charge in [-0.25, -0.2) is 4.99 Å². The molecule has 70 valence electrons. The molecule has 0 aliphatic heterocycles. The van der Waals surface area contributed by atoms with Gasteiger partial charge in [0.25, 0.3) is 0 Å². The van der Waals surface area contributed by atoms with Gasteiger partial charge in [-0.3, -0.25) is 0 Å². The molecule has 3 nitrogen and oxygen atoms in total. The average Bonchev–Trinajstić information content (AvgIpc) is 2.17. The van der Waals surface area contributed by atoms with Crippen molar-refractivity contribution in [3.05, 3.63) is 24.3 Å². The summed E-state index contributed by atoms with van der Waals surface area (Å²) in [4.78, 5) is 4.26. The highest BCUT2D eigenvalue weighted by molar-refractivity contribution is 5.81. The standard InChI is InChI=1S/C10H14N2O/c1-3-10(13-2)12-9-7-5-4-6-8(9)11/h4-7H,3,11H2,1-2H3. The van der Waals surface area contributed by atoms with Crippen molar-refractivity contribution >= 4 is 17.3 Å². The highest BCUT2D eigenvalue weighted by Crippen LogP contribution is 2.20. The molecule has 0 unspecified atom stereocenters. The molecule has 1 aromatic rings. The summed E-state index contributed by atoms with van der Waals surface area (Å²) in [5.41, 5.74) is 7.15. The number of anilines is 1. The summed E-state index contributed by atoms with van der Waals surface area (Å²) in [6, 6.07) is 7.47. The number of hydrogen-bond donors (Lipinski definition) is 1. The quantitative estimate of drug-likeness (QED) is 0.429. The molecule has 0 bridgehead atoms. The van der Waals surface area contributed by atoms with Crippen LogP contribution in [0.25, 0.3) is 0 Å². The Hall–Kier alpha value is -1.51. The first-order chi connectivity index (χ1) is 6.27. The molecule has 0 saturated heterocycles. The SMILES string of the molecule is CCC(=Nc1ccccc1N)OC. The fourth-order valence-corrected chi connectivity index (χ4v) is 0.993. The molecular formula is C10H14N2O. The van der Waals surface area contributed by atoms with Crippen molar-refractivity contribution in [1.82, 2.24) is 0 Å². The minimum atomic E-state index is 0.672. The van der Waals surface area contributed by atoms with E-state index < -0.39 is 0 Å². The molecule has 0 aromatic heterocycles. The molecule has 2 N–H and O–H groups in total. The topological polar surface area (TPSA) is 47.6 Å². The molecule has 0 fully saturated rings. The average molecular weight is 178 g/mol. The molecule has 0 aliphatic carbocycles. The van der Waals surface area contributed by atoms with Crippen LogP contribution in [0.5, 0.6) is 0 Å². The van der Waals surface area contributed by atoms with E-state index in [4.69, 9.17) is 10.5 Å². The molecule has 0 spiro atoms. The fourth-order valence-electron chi connectivity index (χ4n) is 0.993. The van der Waals surface area contributed by atoms with E-state index in [1.807, 2.05) is 31.2 Å². The number of nitrogens with two attached hydrogens (primary N) is 1. The summed E-state index contributed by atoms with van der Waals surface area (Å²) in [6.07, 6.45) is 0.769. The summed E-state index contributed by atoms with van der Waals surface area (Å²) < 4.78 is 5.05. The molecule has 0 radical (unpaired) electrons. The lowest BCUT2D eigenvalue weighted by atomic mass is 10.3. The molecule has 0 aliphatic rings. The Morgan fingerprint density at radius 2 is 2.15 bits per heavy atom. The third-order valence-corrected chi connectivity index (χ3v) is 1.72. The molecule has 13 heavy (non-hydrogen) atoms. The van der Waals surface area contributed by atoms with Crippen LogP contribution in [-0.4, -0.2) is 13.0 Å². The van der Waals surface area contributed by atoms with E-state index in [-0.39, 0.29) is 0 Å². The van der Waals surface area contributed by atoms with Gasteiger partial charge in [0, 0.05) is 6.42 Å². The lowest BCUT2D eigenvalue weighted by molar-refractivity contribution is 0.393. The Bertz CT molecular complexity index is 302. The zero-order chi connectivity index (χ0) is 9.68. The molecule has 0 atom stereocenters. The van der Waals surface area contributed by atoms with Crippen LogP contribution in [-0.2, 0) is 4.74 Å². The number of benzene rings is 1. The number of nitrogens with zero attached hydrogens (tertiary/aromatic N) is 1. The van der Waals surface area contributed by atoms with Gasteiger partial charge in [0.1, 0.15) is 0 Å². The first-order valence-electron chi connectivity index (χ1n) is 4.24. The van der Waals surface area contributed by atoms with Crippen LogP contribution in [0.1, 0.15) is 13.3 Å². The second-order valence-corrected chi connectivity index (χ2v) is 2.62. The zero-order valence-electron chi connectivity index (χ0n) is 7.95. The van der Waals surface area contributed by atoms with Gasteiger partial charge in [0.2, 0.25) is 0 Å². The van der Waals surface area contributed by atoms with Crippen molar-refractivity contribution in [2.75, 3.05) is 12.8 Å². The predicted molar refractivity (Wildman–Crippen MR) is 55.2 cm³/mol. The van der Waals surface area contributed by atoms with Gasteiger partial charge in [-0.1, -0.05) is 19.1 Å². The molecule has 3 heteroatoms. The second-order valence-electron chi connectivity index (χ2n) is 2.62. The van der Waals surface area contributed by atoms with Crippen molar-refractivity contribution in [3.63, 3.8) is 0 Å². The van der Waals surface area contributed by atoms with E-state index >= 15 is 0 Å². The summed E-state index contributed by atoms with van der Waals surface area (Å²) in [6.45, 7) is 1.99. The van der Waals surface area contributed by atoms with Crippen LogP contribution in [0, 0.1) is 0 Å². The Kier molecular flexibility index (Phi) is 3.31. The number of nitrogen functional groups attached to an aromatic ring is 1. The van der Waals surface area contributed by atoms with Crippen LogP contribution in [0.3, 0.4) is 0 Å². The van der Waals surface area contributed by atoms with Gasteiger partial charge < -0.3 is 10.5 Å². The third kappa shape index (κ3) is 2.47. The maximum atomic E-state index is 5.72. The van der Waals surface area contributed by atoms with Crippen LogP contribution < -0.4 is 5.73 Å². The number of rotatable bonds is 2. The first-order valence-corrected chi connectivity index (χ1v) is 4.24. The van der Waals surface area contributed by atoms with E-state index in [2.05, 4.69) is 4.99 Å². The Balaban J connectivity index is 2.95. The molecule has 0 amide bonds. The van der Waals surface area contributed by atoms with E-state index in [9.17, 15) is 0 Å². The van der Waals surface area contributed by atoms with E-state index in [0.717, 1.165) is 12.1 Å². The maximum absolute atomic E-state index is 5.72. The molecule has 1 aromatic carbocycles. The summed E-state index contributed by atoms with van der Waals surface area (Å²) >= 11 is 0. The predicted octanol–water partition coefficient (Wildman–Crippen LogP) is 2.36. The largest absolute Gasteiger partial charge is 0.484 e. The number of aliphatic imine (C=N–C) groups is 1. The first kappa shape index (κ1) is 9.58. The van der Waals surface area contributed by atoms with E-state index in [1.165, 1.54) is 0 Å². The van der Waals surface area contributed by atoms with Crippen molar-refractivity contribution in [1.29, 1.82) is 0 Å². The summed E-state index contributed by atoms with van der Waals surface area (Å²) in [7, 11) is 1.61. The monoisotopic (exact) mass is 178 g/mol. The number of ether oxygens (including phenoxy) is 1. The van der Waals surface area contributed by atoms with E-state index in [0.29, 0.717) is 11.6 Å². The number of methoxy groups -OCH3 is 1. The molecule has 0 saturated carbocycles. The van der Waals surface area contributed by atoms with Gasteiger partial charge >= 0.3 is 0 Å². The fraction of sp³-hybridized carbons (Fsp3) is 0.300. The van der Waals surface area contributed by atoms with E-state index in [1.54, 1.807) is 7.11 Å². The molecule has 0 heterocycles. The van der Waals surface area contributed by atoms with Gasteiger partial charge in [0.15, 0.2) is 5.90 Å². The van der Waals surface area contributed by atoms with Gasteiger partial charge in [-0.2, -0.15) is 0 Å². The highest BCUT2D eigenvalue weighted by atomic mass is 16.5. The minimum absolute atomic E-state index is 0.672. The summed E-state index contributed by atoms with van der Waals surface area (Å²) in [5, 5.41) is 0. The molecule has 1 rings (SSSR count). The smallest absolute Gasteiger partial charge is 0.187 e. The van der Waals surface area contributed by atoms with Gasteiger partial charge in [-0.15, -0.1) is 0 Å². The highest BCUT2D eigenvalue weighted by Gasteiger charge is 1.97. The van der Waals surface area contributed by atoms with Crippen LogP contribution in [0.15, 0.2) is 29.3 Å². The summed E-state index contributed by atoms with van der Waals surface area (Å²) in [5.74, 6) is 0.693. The third-order valence-electron chi connectivity index (χ3n) is 1.72. The lowest BCUT2D eigenvalue weighted by Gasteiger charge is -2.03. The van der Waals surface area contributed by atoms with Crippen molar-refractivity contribution in [3.8, 4) is 0 Å². The lowest BCUT2D eigenvalue weighted by Crippen LogP contribution is -1.98. The van der Waals surface area contributed by atoms with Crippen LogP contribution in [0.4, 0.5) is 11.4 Å². The molecular weight excluding hydrogens is 164 g/mol. The Labute approximate surface area is 78.2 Å². The van der Waals surface area contributed by atoms with Gasteiger partial charge in [-0.05, 0) is 12.1 Å². The van der Waals surface area contributed by atoms with Crippen molar-refractivity contribution < 1.29 is 4.74 Å². The minimum Gasteiger partial charge on any atom is -0.484 e. The van der Waals surface area contributed by atoms with Gasteiger partial charge in [0.05, 0.1) is 18.5 Å². The van der Waals surface area contributed by atoms with Crippen LogP contribution in [0.2, 0.25) is 0 Å². The number of para-hydroxylation sites is 2. The van der Waals surface area contributed by atoms with Crippen LogP contribution >= 0.6 is 0 Å². The Morgan fingerprint density at radius 1 is 1.46 bits per heavy atom. The maximum Gasteiger partial charge on any atom is 0.187 e. The number of hydrogen-bond acceptors (Lipinski definition) is 3. The van der Waals surface area contributed by atoms with Crippen molar-refractivity contribution in [2.45, 2.75) is 13.3 Å². The van der Waals surface area contributed by atoms with Crippen molar-refractivity contribution in [2.24, 2.45) is 4.99 Å². The zero-order valence-corrected chi connectivity index (χ0v) is 7.95. The Morgan fingerprint density at radius 3 is 2.69 bits per heavy atom. The normalized spacial score (nSPS) is 11.4.